The third-order valence-corrected chi connectivity index (χ3v) is 4.67. The van der Waals surface area contributed by atoms with Gasteiger partial charge >= 0.3 is 0 Å². The van der Waals surface area contributed by atoms with Crippen LogP contribution in [-0.2, 0) is 0 Å². The van der Waals surface area contributed by atoms with E-state index in [4.69, 9.17) is 9.47 Å². The van der Waals surface area contributed by atoms with Gasteiger partial charge in [0.05, 0.1) is 25.3 Å². The molecule has 1 atom stereocenters. The van der Waals surface area contributed by atoms with Crippen molar-refractivity contribution in [1.82, 2.24) is 5.32 Å². The Morgan fingerprint density at radius 1 is 1.12 bits per heavy atom. The van der Waals surface area contributed by atoms with Gasteiger partial charge in [-0.2, -0.15) is 0 Å². The smallest absolute Gasteiger partial charge is 0.252 e. The average molecular weight is 453 g/mol. The second-order valence-electron chi connectivity index (χ2n) is 6.29. The van der Waals surface area contributed by atoms with Crippen molar-refractivity contribution >= 4 is 28.5 Å². The minimum Gasteiger partial charge on any atom is -0.493 e. The number of ether oxygens (including phenoxy) is 2. The highest BCUT2D eigenvalue weighted by Gasteiger charge is 2.15. The van der Waals surface area contributed by atoms with Gasteiger partial charge < -0.3 is 14.8 Å². The van der Waals surface area contributed by atoms with Gasteiger partial charge in [-0.05, 0) is 65.3 Å². The molecule has 0 aliphatic rings. The zero-order valence-electron chi connectivity index (χ0n) is 15.0. The summed E-state index contributed by atoms with van der Waals surface area (Å²) in [5, 5.41) is 3.03. The number of rotatable bonds is 7. The quantitative estimate of drug-likeness (QED) is 0.612. The monoisotopic (exact) mass is 453 g/mol. The second-order valence-corrected chi connectivity index (χ2v) is 7.45. The van der Waals surface area contributed by atoms with Crippen LogP contribution in [0.25, 0.3) is 0 Å². The highest BCUT2D eigenvalue weighted by atomic mass is 127. The molecule has 0 fully saturated rings. The average Bonchev–Trinajstić information content (AvgIpc) is 2.59. The van der Waals surface area contributed by atoms with Crippen molar-refractivity contribution in [1.29, 1.82) is 0 Å². The molecule has 0 heterocycles. The molecule has 0 spiro atoms. The maximum absolute atomic E-state index is 12.5. The Morgan fingerprint density at radius 3 is 2.48 bits per heavy atom. The van der Waals surface area contributed by atoms with Gasteiger partial charge in [0.15, 0.2) is 11.5 Å². The van der Waals surface area contributed by atoms with Crippen LogP contribution in [0.2, 0.25) is 0 Å². The molecule has 25 heavy (non-hydrogen) atoms. The van der Waals surface area contributed by atoms with Crippen LogP contribution in [0.4, 0.5) is 0 Å². The number of carbonyl (C=O) groups is 1. The fourth-order valence-electron chi connectivity index (χ4n) is 2.33. The van der Waals surface area contributed by atoms with Crippen molar-refractivity contribution in [3.05, 3.63) is 57.2 Å². The fourth-order valence-corrected chi connectivity index (χ4v) is 2.96. The van der Waals surface area contributed by atoms with E-state index in [1.807, 2.05) is 49.4 Å². The third-order valence-electron chi connectivity index (χ3n) is 3.73. The lowest BCUT2D eigenvalue weighted by molar-refractivity contribution is 0.0939. The summed E-state index contributed by atoms with van der Waals surface area (Å²) in [4.78, 5) is 12.5. The van der Waals surface area contributed by atoms with Crippen LogP contribution in [0.1, 0.15) is 42.7 Å². The minimum absolute atomic E-state index is 0.0865. The standard InChI is InChI=1S/C20H24INO3/c1-13(2)12-25-18-10-9-15(11-19(18)24-4)14(3)22-20(23)16-7-5-6-8-17(16)21/h5-11,13-14H,12H2,1-4H3,(H,22,23). The van der Waals surface area contributed by atoms with Crippen molar-refractivity contribution < 1.29 is 14.3 Å². The van der Waals surface area contributed by atoms with Crippen molar-refractivity contribution in [2.45, 2.75) is 26.8 Å². The largest absolute Gasteiger partial charge is 0.493 e. The molecular weight excluding hydrogens is 429 g/mol. The lowest BCUT2D eigenvalue weighted by atomic mass is 10.1. The van der Waals surface area contributed by atoms with Crippen LogP contribution in [0, 0.1) is 9.49 Å². The molecule has 134 valence electrons. The molecule has 1 amide bonds. The number of benzene rings is 2. The van der Waals surface area contributed by atoms with Crippen LogP contribution < -0.4 is 14.8 Å². The van der Waals surface area contributed by atoms with E-state index in [1.54, 1.807) is 7.11 Å². The van der Waals surface area contributed by atoms with Crippen LogP contribution >= 0.6 is 22.6 Å². The first-order valence-corrected chi connectivity index (χ1v) is 9.36. The summed E-state index contributed by atoms with van der Waals surface area (Å²) in [5.74, 6) is 1.75. The molecule has 1 N–H and O–H groups in total. The maximum Gasteiger partial charge on any atom is 0.252 e. The number of amides is 1. The summed E-state index contributed by atoms with van der Waals surface area (Å²) in [7, 11) is 1.62. The summed E-state index contributed by atoms with van der Waals surface area (Å²) < 4.78 is 12.1. The number of carbonyl (C=O) groups excluding carboxylic acids is 1. The normalized spacial score (nSPS) is 11.9. The van der Waals surface area contributed by atoms with Crippen LogP contribution in [-0.4, -0.2) is 19.6 Å². The fraction of sp³-hybridized carbons (Fsp3) is 0.350. The van der Waals surface area contributed by atoms with E-state index in [9.17, 15) is 4.79 Å². The van der Waals surface area contributed by atoms with Crippen molar-refractivity contribution in [3.8, 4) is 11.5 Å². The Hall–Kier alpha value is -1.76. The molecule has 0 radical (unpaired) electrons. The van der Waals surface area contributed by atoms with Crippen molar-refractivity contribution in [3.63, 3.8) is 0 Å². The molecule has 0 saturated heterocycles. The topological polar surface area (TPSA) is 47.6 Å². The highest BCUT2D eigenvalue weighted by Crippen LogP contribution is 2.30. The van der Waals surface area contributed by atoms with Gasteiger partial charge in [-0.25, -0.2) is 0 Å². The van der Waals surface area contributed by atoms with Crippen molar-refractivity contribution in [2.75, 3.05) is 13.7 Å². The zero-order valence-corrected chi connectivity index (χ0v) is 17.2. The Labute approximate surface area is 163 Å². The zero-order chi connectivity index (χ0) is 18.4. The van der Waals surface area contributed by atoms with E-state index < -0.39 is 0 Å². The van der Waals surface area contributed by atoms with Gasteiger partial charge in [-0.1, -0.05) is 32.0 Å². The van der Waals surface area contributed by atoms with E-state index in [-0.39, 0.29) is 11.9 Å². The number of methoxy groups -OCH3 is 1. The summed E-state index contributed by atoms with van der Waals surface area (Å²) in [6.07, 6.45) is 0. The SMILES string of the molecule is COc1cc(C(C)NC(=O)c2ccccc2I)ccc1OCC(C)C. The van der Waals surface area contributed by atoms with E-state index in [0.717, 1.165) is 14.9 Å². The van der Waals surface area contributed by atoms with E-state index in [1.165, 1.54) is 0 Å². The van der Waals surface area contributed by atoms with E-state index >= 15 is 0 Å². The Balaban J connectivity index is 2.12. The molecule has 1 unspecified atom stereocenters. The molecule has 0 aromatic heterocycles. The van der Waals surface area contributed by atoms with Crippen molar-refractivity contribution in [2.24, 2.45) is 5.92 Å². The Morgan fingerprint density at radius 2 is 1.84 bits per heavy atom. The van der Waals surface area contributed by atoms with Gasteiger partial charge in [0.1, 0.15) is 0 Å². The Kier molecular flexibility index (Phi) is 7.11. The number of nitrogens with one attached hydrogen (secondary N) is 1. The lowest BCUT2D eigenvalue weighted by Crippen LogP contribution is -2.27. The van der Waals surface area contributed by atoms with Gasteiger partial charge in [0.25, 0.3) is 5.91 Å². The summed E-state index contributed by atoms with van der Waals surface area (Å²) in [6, 6.07) is 13.2. The first kappa shape index (κ1) is 19.6. The summed E-state index contributed by atoms with van der Waals surface area (Å²) >= 11 is 2.17. The lowest BCUT2D eigenvalue weighted by Gasteiger charge is -2.18. The first-order chi connectivity index (χ1) is 11.9. The molecule has 2 rings (SSSR count). The second kappa shape index (κ2) is 9.08. The van der Waals surface area contributed by atoms with Crippen LogP contribution in [0.15, 0.2) is 42.5 Å². The van der Waals surface area contributed by atoms with E-state index in [2.05, 4.69) is 41.8 Å². The first-order valence-electron chi connectivity index (χ1n) is 8.28. The predicted molar refractivity (Wildman–Crippen MR) is 108 cm³/mol. The molecule has 0 bridgehead atoms. The molecule has 0 saturated carbocycles. The van der Waals surface area contributed by atoms with E-state index in [0.29, 0.717) is 23.8 Å². The van der Waals surface area contributed by atoms with Gasteiger partial charge in [-0.3, -0.25) is 4.79 Å². The molecular formula is C20H24INO3. The summed E-state index contributed by atoms with van der Waals surface area (Å²) in [5.41, 5.74) is 1.65. The highest BCUT2D eigenvalue weighted by molar-refractivity contribution is 14.1. The Bertz CT molecular complexity index is 731. The predicted octanol–water partition coefficient (Wildman–Crippen LogP) is 4.83. The summed E-state index contributed by atoms with van der Waals surface area (Å²) in [6.45, 7) is 6.79. The molecule has 2 aromatic rings. The van der Waals surface area contributed by atoms with Gasteiger partial charge in [-0.15, -0.1) is 0 Å². The number of hydrogen-bond acceptors (Lipinski definition) is 3. The van der Waals surface area contributed by atoms with Crippen LogP contribution in [0.5, 0.6) is 11.5 Å². The molecule has 4 nitrogen and oxygen atoms in total. The third kappa shape index (κ3) is 5.36. The molecule has 0 aliphatic heterocycles. The molecule has 2 aromatic carbocycles. The van der Waals surface area contributed by atoms with Gasteiger partial charge in [0.2, 0.25) is 0 Å². The molecule has 0 aliphatic carbocycles. The maximum atomic E-state index is 12.5. The number of halogens is 1. The van der Waals surface area contributed by atoms with Crippen LogP contribution in [0.3, 0.4) is 0 Å². The minimum atomic E-state index is -0.142. The molecule has 5 heteroatoms. The van der Waals surface area contributed by atoms with Gasteiger partial charge in [0, 0.05) is 3.57 Å². The number of hydrogen-bond donors (Lipinski definition) is 1.